The Labute approximate surface area is 99.5 Å². The fraction of sp³-hybridized carbons (Fsp3) is 0.923. The van der Waals surface area contributed by atoms with E-state index in [1.807, 2.05) is 20.8 Å². The van der Waals surface area contributed by atoms with Gasteiger partial charge in [-0.15, -0.1) is 0 Å². The number of carbonyl (C=O) groups excluding carboxylic acids is 1. The monoisotopic (exact) mass is 230 g/mol. The molecule has 0 rings (SSSR count). The van der Waals surface area contributed by atoms with Crippen LogP contribution in [0.3, 0.4) is 0 Å². The molecule has 0 spiro atoms. The molecular weight excluding hydrogens is 204 g/mol. The topological polar surface area (TPSA) is 35.5 Å². The summed E-state index contributed by atoms with van der Waals surface area (Å²) >= 11 is 0. The third-order valence-corrected chi connectivity index (χ3v) is 2.92. The van der Waals surface area contributed by atoms with Crippen LogP contribution in [0.25, 0.3) is 0 Å². The van der Waals surface area contributed by atoms with E-state index in [1.165, 1.54) is 0 Å². The summed E-state index contributed by atoms with van der Waals surface area (Å²) in [5, 5.41) is 0. The maximum absolute atomic E-state index is 11.4. The van der Waals surface area contributed by atoms with Gasteiger partial charge in [-0.2, -0.15) is 0 Å². The quantitative estimate of drug-likeness (QED) is 0.616. The van der Waals surface area contributed by atoms with Crippen molar-refractivity contribution < 1.29 is 14.3 Å². The van der Waals surface area contributed by atoms with Gasteiger partial charge in [-0.1, -0.05) is 33.6 Å². The normalized spacial score (nSPS) is 13.3. The van der Waals surface area contributed by atoms with E-state index in [1.54, 1.807) is 0 Å². The molecule has 16 heavy (non-hydrogen) atoms. The fourth-order valence-electron chi connectivity index (χ4n) is 1.33. The number of carbonyl (C=O) groups is 1. The molecule has 0 aromatic carbocycles. The standard InChI is InChI=1S/C13H26O3/c1-6-9-11(7-2)10-15-12(14)16-13(4,5)8-3/h11H,6-10H2,1-5H3. The van der Waals surface area contributed by atoms with E-state index < -0.39 is 11.8 Å². The zero-order chi connectivity index (χ0) is 12.6. The SMILES string of the molecule is CCCC(CC)COC(=O)OC(C)(C)CC. The second kappa shape index (κ2) is 7.53. The van der Waals surface area contributed by atoms with Crippen LogP contribution in [0.1, 0.15) is 60.3 Å². The summed E-state index contributed by atoms with van der Waals surface area (Å²) in [6.45, 7) is 10.5. The molecule has 0 aliphatic rings. The molecule has 3 heteroatoms. The molecule has 0 amide bonds. The first-order valence-electron chi connectivity index (χ1n) is 6.30. The highest BCUT2D eigenvalue weighted by molar-refractivity contribution is 5.60. The van der Waals surface area contributed by atoms with Crippen molar-refractivity contribution in [2.75, 3.05) is 6.61 Å². The highest BCUT2D eigenvalue weighted by Crippen LogP contribution is 2.16. The fourth-order valence-corrected chi connectivity index (χ4v) is 1.33. The van der Waals surface area contributed by atoms with E-state index in [9.17, 15) is 4.79 Å². The summed E-state index contributed by atoms with van der Waals surface area (Å²) in [7, 11) is 0. The molecule has 0 fully saturated rings. The molecule has 0 aromatic rings. The van der Waals surface area contributed by atoms with Gasteiger partial charge in [0.05, 0.1) is 6.61 Å². The van der Waals surface area contributed by atoms with Gasteiger partial charge in [-0.05, 0) is 32.6 Å². The summed E-state index contributed by atoms with van der Waals surface area (Å²) in [5.41, 5.74) is -0.427. The number of ether oxygens (including phenoxy) is 2. The lowest BCUT2D eigenvalue weighted by Gasteiger charge is -2.23. The Bertz CT molecular complexity index is 199. The van der Waals surface area contributed by atoms with Crippen LogP contribution in [-0.4, -0.2) is 18.4 Å². The Morgan fingerprint density at radius 3 is 2.31 bits per heavy atom. The van der Waals surface area contributed by atoms with Crippen LogP contribution < -0.4 is 0 Å². The van der Waals surface area contributed by atoms with E-state index in [2.05, 4.69) is 13.8 Å². The molecule has 1 unspecified atom stereocenters. The van der Waals surface area contributed by atoms with Crippen molar-refractivity contribution in [2.45, 2.75) is 65.9 Å². The minimum atomic E-state index is -0.540. The molecule has 0 saturated heterocycles. The molecule has 0 saturated carbocycles. The molecule has 0 radical (unpaired) electrons. The summed E-state index contributed by atoms with van der Waals surface area (Å²) < 4.78 is 10.3. The highest BCUT2D eigenvalue weighted by atomic mass is 16.7. The molecule has 0 aliphatic carbocycles. The average Bonchev–Trinajstić information content (AvgIpc) is 2.23. The summed E-state index contributed by atoms with van der Waals surface area (Å²) in [6, 6.07) is 0. The predicted molar refractivity (Wildman–Crippen MR) is 65.5 cm³/mol. The van der Waals surface area contributed by atoms with Crippen LogP contribution in [0, 0.1) is 5.92 Å². The smallest absolute Gasteiger partial charge is 0.434 e. The van der Waals surface area contributed by atoms with Crippen molar-refractivity contribution in [1.82, 2.24) is 0 Å². The van der Waals surface area contributed by atoms with E-state index in [0.29, 0.717) is 12.5 Å². The first-order chi connectivity index (χ1) is 7.45. The van der Waals surface area contributed by atoms with Gasteiger partial charge < -0.3 is 9.47 Å². The van der Waals surface area contributed by atoms with Crippen molar-refractivity contribution >= 4 is 6.16 Å². The lowest BCUT2D eigenvalue weighted by Crippen LogP contribution is -2.28. The van der Waals surface area contributed by atoms with Crippen LogP contribution in [-0.2, 0) is 9.47 Å². The van der Waals surface area contributed by atoms with Crippen LogP contribution in [0.4, 0.5) is 4.79 Å². The molecule has 3 nitrogen and oxygen atoms in total. The van der Waals surface area contributed by atoms with Gasteiger partial charge in [0, 0.05) is 0 Å². The lowest BCUT2D eigenvalue weighted by molar-refractivity contribution is -0.0239. The van der Waals surface area contributed by atoms with Crippen molar-refractivity contribution in [3.63, 3.8) is 0 Å². The maximum Gasteiger partial charge on any atom is 0.508 e. The zero-order valence-corrected chi connectivity index (χ0v) is 11.3. The van der Waals surface area contributed by atoms with Gasteiger partial charge >= 0.3 is 6.16 Å². The second-order valence-electron chi connectivity index (χ2n) is 4.84. The Balaban J connectivity index is 3.88. The van der Waals surface area contributed by atoms with Gasteiger partial charge in [0.1, 0.15) is 5.60 Å². The predicted octanol–water partition coefficient (Wildman–Crippen LogP) is 4.15. The molecule has 0 N–H and O–H groups in total. The van der Waals surface area contributed by atoms with Gasteiger partial charge in [-0.3, -0.25) is 0 Å². The van der Waals surface area contributed by atoms with Crippen LogP contribution in [0.15, 0.2) is 0 Å². The first-order valence-corrected chi connectivity index (χ1v) is 6.30. The molecule has 0 bridgehead atoms. The van der Waals surface area contributed by atoms with E-state index in [4.69, 9.17) is 9.47 Å². The van der Waals surface area contributed by atoms with Gasteiger partial charge in [0.15, 0.2) is 0 Å². The largest absolute Gasteiger partial charge is 0.508 e. The molecular formula is C13H26O3. The summed E-state index contributed by atoms with van der Waals surface area (Å²) in [5.74, 6) is 0.460. The van der Waals surface area contributed by atoms with Crippen LogP contribution in [0.5, 0.6) is 0 Å². The Kier molecular flexibility index (Phi) is 7.18. The van der Waals surface area contributed by atoms with Crippen molar-refractivity contribution in [2.24, 2.45) is 5.92 Å². The highest BCUT2D eigenvalue weighted by Gasteiger charge is 2.21. The Morgan fingerprint density at radius 1 is 1.25 bits per heavy atom. The van der Waals surface area contributed by atoms with Crippen molar-refractivity contribution in [3.05, 3.63) is 0 Å². The third-order valence-electron chi connectivity index (χ3n) is 2.92. The Morgan fingerprint density at radius 2 is 1.88 bits per heavy atom. The van der Waals surface area contributed by atoms with Crippen molar-refractivity contribution in [1.29, 1.82) is 0 Å². The lowest BCUT2D eigenvalue weighted by atomic mass is 10.0. The van der Waals surface area contributed by atoms with E-state index >= 15 is 0 Å². The van der Waals surface area contributed by atoms with Gasteiger partial charge in [0.2, 0.25) is 0 Å². The number of hydrogen-bond donors (Lipinski definition) is 0. The van der Waals surface area contributed by atoms with Crippen LogP contribution in [0.2, 0.25) is 0 Å². The van der Waals surface area contributed by atoms with Crippen molar-refractivity contribution in [3.8, 4) is 0 Å². The minimum Gasteiger partial charge on any atom is -0.434 e. The number of rotatable bonds is 7. The summed E-state index contributed by atoms with van der Waals surface area (Å²) in [6.07, 6.45) is 3.51. The number of hydrogen-bond acceptors (Lipinski definition) is 3. The first kappa shape index (κ1) is 15.3. The summed E-state index contributed by atoms with van der Waals surface area (Å²) in [4.78, 5) is 11.4. The molecule has 1 atom stereocenters. The minimum absolute atomic E-state index is 0.427. The van der Waals surface area contributed by atoms with Gasteiger partial charge in [0.25, 0.3) is 0 Å². The van der Waals surface area contributed by atoms with Crippen LogP contribution >= 0.6 is 0 Å². The average molecular weight is 230 g/mol. The molecule has 96 valence electrons. The van der Waals surface area contributed by atoms with E-state index in [-0.39, 0.29) is 0 Å². The molecule has 0 heterocycles. The van der Waals surface area contributed by atoms with Gasteiger partial charge in [-0.25, -0.2) is 4.79 Å². The molecule has 0 aromatic heterocycles. The molecule has 0 aliphatic heterocycles. The third kappa shape index (κ3) is 6.70. The second-order valence-corrected chi connectivity index (χ2v) is 4.84. The Hall–Kier alpha value is -0.730. The van der Waals surface area contributed by atoms with E-state index in [0.717, 1.165) is 25.7 Å². The maximum atomic E-state index is 11.4. The zero-order valence-electron chi connectivity index (χ0n) is 11.3.